The van der Waals surface area contributed by atoms with Crippen molar-refractivity contribution in [2.24, 2.45) is 0 Å². The Balaban J connectivity index is 1.95. The zero-order valence-electron chi connectivity index (χ0n) is 9.77. The summed E-state index contributed by atoms with van der Waals surface area (Å²) in [5, 5.41) is 11.1. The maximum atomic E-state index is 5.30. The first-order chi connectivity index (χ1) is 8.15. The van der Waals surface area contributed by atoms with Gasteiger partial charge >= 0.3 is 0 Å². The van der Waals surface area contributed by atoms with E-state index in [1.807, 2.05) is 12.1 Å². The van der Waals surface area contributed by atoms with Gasteiger partial charge in [-0.25, -0.2) is 0 Å². The molecular weight excluding hydrogens is 282 g/mol. The van der Waals surface area contributed by atoms with Gasteiger partial charge in [-0.05, 0) is 24.6 Å². The molecule has 0 saturated heterocycles. The first-order valence-corrected chi connectivity index (χ1v) is 6.22. The van der Waals surface area contributed by atoms with Gasteiger partial charge in [-0.1, -0.05) is 28.1 Å². The largest absolute Gasteiger partial charge is 0.424 e. The van der Waals surface area contributed by atoms with Gasteiger partial charge in [-0.15, -0.1) is 10.2 Å². The second-order valence-corrected chi connectivity index (χ2v) is 4.79. The van der Waals surface area contributed by atoms with Gasteiger partial charge in [0.25, 0.3) is 0 Å². The van der Waals surface area contributed by atoms with Crippen LogP contribution in [0.15, 0.2) is 33.2 Å². The summed E-state index contributed by atoms with van der Waals surface area (Å²) in [6, 6.07) is 8.45. The van der Waals surface area contributed by atoms with Crippen molar-refractivity contribution in [1.82, 2.24) is 15.5 Å². The molecule has 5 heteroatoms. The molecule has 90 valence electrons. The summed E-state index contributed by atoms with van der Waals surface area (Å²) in [4.78, 5) is 0. The van der Waals surface area contributed by atoms with Crippen LogP contribution in [0.2, 0.25) is 0 Å². The molecular formula is C12H14BrN3O. The van der Waals surface area contributed by atoms with Crippen molar-refractivity contribution in [3.8, 4) is 0 Å². The summed E-state index contributed by atoms with van der Waals surface area (Å²) in [7, 11) is 0. The number of hydrogen-bond donors (Lipinski definition) is 1. The maximum absolute atomic E-state index is 5.30. The predicted molar refractivity (Wildman–Crippen MR) is 68.4 cm³/mol. The summed E-state index contributed by atoms with van der Waals surface area (Å²) in [5.41, 5.74) is 1.22. The summed E-state index contributed by atoms with van der Waals surface area (Å²) in [6.07, 6.45) is 0. The number of nitrogens with zero attached hydrogens (tertiary/aromatic N) is 2. The molecule has 0 saturated carbocycles. The highest BCUT2D eigenvalue weighted by atomic mass is 79.9. The molecule has 1 aromatic carbocycles. The van der Waals surface area contributed by atoms with Gasteiger partial charge in [-0.2, -0.15) is 0 Å². The second-order valence-electron chi connectivity index (χ2n) is 3.87. The van der Waals surface area contributed by atoms with Crippen LogP contribution in [0.25, 0.3) is 0 Å². The number of nitrogens with one attached hydrogen (secondary N) is 1. The predicted octanol–water partition coefficient (Wildman–Crippen LogP) is 2.99. The lowest BCUT2D eigenvalue weighted by Crippen LogP contribution is -2.18. The standard InChI is InChI=1S/C12H14BrN3O/c1-8(10-4-3-5-11(13)6-10)14-7-12-16-15-9(2)17-12/h3-6,8,14H,7H2,1-2H3/t8-/m1/s1. The van der Waals surface area contributed by atoms with E-state index in [9.17, 15) is 0 Å². The molecule has 0 spiro atoms. The lowest BCUT2D eigenvalue weighted by atomic mass is 10.1. The van der Waals surface area contributed by atoms with Gasteiger partial charge in [0.05, 0.1) is 6.54 Å². The SMILES string of the molecule is Cc1nnc(CN[C@H](C)c2cccc(Br)c2)o1. The minimum atomic E-state index is 0.236. The Hall–Kier alpha value is -1.20. The van der Waals surface area contributed by atoms with E-state index in [0.717, 1.165) is 4.47 Å². The van der Waals surface area contributed by atoms with Gasteiger partial charge in [-0.3, -0.25) is 0 Å². The van der Waals surface area contributed by atoms with Crippen molar-refractivity contribution in [3.63, 3.8) is 0 Å². The van der Waals surface area contributed by atoms with Crippen LogP contribution < -0.4 is 5.32 Å². The normalized spacial score (nSPS) is 12.6. The lowest BCUT2D eigenvalue weighted by Gasteiger charge is -2.12. The molecule has 0 amide bonds. The average Bonchev–Trinajstić information content (AvgIpc) is 2.72. The van der Waals surface area contributed by atoms with Crippen LogP contribution in [0, 0.1) is 6.92 Å². The fraction of sp³-hybridized carbons (Fsp3) is 0.333. The molecule has 1 heterocycles. The van der Waals surface area contributed by atoms with E-state index in [0.29, 0.717) is 18.3 Å². The van der Waals surface area contributed by atoms with Crippen molar-refractivity contribution in [2.45, 2.75) is 26.4 Å². The molecule has 4 nitrogen and oxygen atoms in total. The Labute approximate surface area is 109 Å². The second kappa shape index (κ2) is 5.42. The Kier molecular flexibility index (Phi) is 3.91. The van der Waals surface area contributed by atoms with Crippen LogP contribution in [-0.4, -0.2) is 10.2 Å². The minimum absolute atomic E-state index is 0.236. The molecule has 0 bridgehead atoms. The van der Waals surface area contributed by atoms with E-state index in [1.54, 1.807) is 6.92 Å². The number of benzene rings is 1. The van der Waals surface area contributed by atoms with Gasteiger partial charge in [0.15, 0.2) is 0 Å². The third-order valence-electron chi connectivity index (χ3n) is 2.48. The number of rotatable bonds is 4. The van der Waals surface area contributed by atoms with Crippen LogP contribution >= 0.6 is 15.9 Å². The Morgan fingerprint density at radius 3 is 2.88 bits per heavy atom. The van der Waals surface area contributed by atoms with Crippen molar-refractivity contribution in [2.75, 3.05) is 0 Å². The number of aryl methyl sites for hydroxylation is 1. The zero-order valence-corrected chi connectivity index (χ0v) is 11.4. The van der Waals surface area contributed by atoms with Gasteiger partial charge in [0.2, 0.25) is 11.8 Å². The highest BCUT2D eigenvalue weighted by Gasteiger charge is 2.07. The Bertz CT molecular complexity index is 498. The average molecular weight is 296 g/mol. The van der Waals surface area contributed by atoms with Crippen molar-refractivity contribution < 1.29 is 4.42 Å². The molecule has 1 N–H and O–H groups in total. The summed E-state index contributed by atoms with van der Waals surface area (Å²) < 4.78 is 6.38. The molecule has 0 radical (unpaired) electrons. The first-order valence-electron chi connectivity index (χ1n) is 5.43. The topological polar surface area (TPSA) is 51.0 Å². The molecule has 2 rings (SSSR count). The number of hydrogen-bond acceptors (Lipinski definition) is 4. The third kappa shape index (κ3) is 3.38. The quantitative estimate of drug-likeness (QED) is 0.942. The van der Waals surface area contributed by atoms with Gasteiger partial charge < -0.3 is 9.73 Å². The molecule has 0 aliphatic heterocycles. The fourth-order valence-electron chi connectivity index (χ4n) is 1.54. The lowest BCUT2D eigenvalue weighted by molar-refractivity contribution is 0.430. The highest BCUT2D eigenvalue weighted by molar-refractivity contribution is 9.10. The Morgan fingerprint density at radius 1 is 1.41 bits per heavy atom. The van der Waals surface area contributed by atoms with E-state index in [4.69, 9.17) is 4.42 Å². The van der Waals surface area contributed by atoms with Crippen LogP contribution in [0.4, 0.5) is 0 Å². The number of halogens is 1. The van der Waals surface area contributed by atoms with Crippen LogP contribution in [0.3, 0.4) is 0 Å². The van der Waals surface area contributed by atoms with E-state index in [1.165, 1.54) is 5.56 Å². The van der Waals surface area contributed by atoms with E-state index >= 15 is 0 Å². The molecule has 2 aromatic rings. The number of aromatic nitrogens is 2. The third-order valence-corrected chi connectivity index (χ3v) is 2.97. The summed E-state index contributed by atoms with van der Waals surface area (Å²) in [5.74, 6) is 1.21. The fourth-order valence-corrected chi connectivity index (χ4v) is 1.96. The van der Waals surface area contributed by atoms with Gasteiger partial charge in [0.1, 0.15) is 0 Å². The minimum Gasteiger partial charge on any atom is -0.424 e. The van der Waals surface area contributed by atoms with E-state index in [-0.39, 0.29) is 6.04 Å². The maximum Gasteiger partial charge on any atom is 0.230 e. The summed E-state index contributed by atoms with van der Waals surface area (Å²) in [6.45, 7) is 4.47. The zero-order chi connectivity index (χ0) is 12.3. The first kappa shape index (κ1) is 12.3. The van der Waals surface area contributed by atoms with Crippen LogP contribution in [0.1, 0.15) is 30.3 Å². The van der Waals surface area contributed by atoms with Crippen molar-refractivity contribution in [3.05, 3.63) is 46.1 Å². The van der Waals surface area contributed by atoms with Crippen LogP contribution in [0.5, 0.6) is 0 Å². The van der Waals surface area contributed by atoms with E-state index in [2.05, 4.69) is 50.5 Å². The van der Waals surface area contributed by atoms with Crippen LogP contribution in [-0.2, 0) is 6.54 Å². The van der Waals surface area contributed by atoms with Crippen molar-refractivity contribution >= 4 is 15.9 Å². The molecule has 0 unspecified atom stereocenters. The molecule has 1 aromatic heterocycles. The summed E-state index contributed by atoms with van der Waals surface area (Å²) >= 11 is 3.46. The van der Waals surface area contributed by atoms with E-state index < -0.39 is 0 Å². The van der Waals surface area contributed by atoms with Gasteiger partial charge in [0, 0.05) is 17.4 Å². The monoisotopic (exact) mass is 295 g/mol. The molecule has 1 atom stereocenters. The molecule has 0 fully saturated rings. The molecule has 17 heavy (non-hydrogen) atoms. The smallest absolute Gasteiger partial charge is 0.230 e. The Morgan fingerprint density at radius 2 is 2.24 bits per heavy atom. The van der Waals surface area contributed by atoms with Crippen molar-refractivity contribution in [1.29, 1.82) is 0 Å². The highest BCUT2D eigenvalue weighted by Crippen LogP contribution is 2.18. The molecule has 0 aliphatic carbocycles. The molecule has 0 aliphatic rings.